The third-order valence-corrected chi connectivity index (χ3v) is 7.01. The Bertz CT molecular complexity index is 1310. The highest BCUT2D eigenvalue weighted by molar-refractivity contribution is 7.92. The Labute approximate surface area is 210 Å². The molecule has 0 saturated heterocycles. The molecular formula is C25H28N2O8S. The summed E-state index contributed by atoms with van der Waals surface area (Å²) in [6.07, 6.45) is 0. The molecule has 10 nitrogen and oxygen atoms in total. The summed E-state index contributed by atoms with van der Waals surface area (Å²) in [6, 6.07) is 15.5. The lowest BCUT2D eigenvalue weighted by Crippen LogP contribution is -2.38. The van der Waals surface area contributed by atoms with Gasteiger partial charge in [-0.1, -0.05) is 0 Å². The molecule has 0 aliphatic heterocycles. The number of ether oxygens (including phenoxy) is 5. The maximum Gasteiger partial charge on any atom is 0.265 e. The Morgan fingerprint density at radius 2 is 1.31 bits per heavy atom. The predicted octanol–water partition coefficient (Wildman–Crippen LogP) is 3.56. The van der Waals surface area contributed by atoms with Gasteiger partial charge in [0.05, 0.1) is 46.1 Å². The molecule has 192 valence electrons. The number of amides is 1. The standard InChI is InChI=1S/C25H28N2O8S/c1-31-18-8-6-17(7-9-18)26-25(28)16-27(21-14-19(32-2)10-12-22(21)33-3)36(29,30)20-11-13-23(34-4)24(15-20)35-5/h6-15H,16H2,1-5H3,(H,26,28). The number of methoxy groups -OCH3 is 5. The molecular weight excluding hydrogens is 488 g/mol. The summed E-state index contributed by atoms with van der Waals surface area (Å²) < 4.78 is 55.0. The van der Waals surface area contributed by atoms with E-state index >= 15 is 0 Å². The fourth-order valence-corrected chi connectivity index (χ4v) is 4.84. The van der Waals surface area contributed by atoms with E-state index in [4.69, 9.17) is 23.7 Å². The van der Waals surface area contributed by atoms with Crippen LogP contribution in [0.4, 0.5) is 11.4 Å². The van der Waals surface area contributed by atoms with Crippen LogP contribution in [0, 0.1) is 0 Å². The first-order valence-corrected chi connectivity index (χ1v) is 12.1. The van der Waals surface area contributed by atoms with E-state index in [0.717, 1.165) is 4.31 Å². The smallest absolute Gasteiger partial charge is 0.265 e. The first-order valence-electron chi connectivity index (χ1n) is 10.7. The van der Waals surface area contributed by atoms with Crippen LogP contribution < -0.4 is 33.3 Å². The van der Waals surface area contributed by atoms with Crippen molar-refractivity contribution in [3.8, 4) is 28.7 Å². The quantitative estimate of drug-likeness (QED) is 0.412. The van der Waals surface area contributed by atoms with Crippen LogP contribution in [0.15, 0.2) is 65.6 Å². The summed E-state index contributed by atoms with van der Waals surface area (Å²) in [7, 11) is 2.96. The number of anilines is 2. The molecule has 0 aliphatic carbocycles. The second kappa shape index (κ2) is 11.5. The van der Waals surface area contributed by atoms with Gasteiger partial charge in [0.15, 0.2) is 11.5 Å². The summed E-state index contributed by atoms with van der Waals surface area (Å²) in [6.45, 7) is -0.549. The normalized spacial score (nSPS) is 10.8. The zero-order valence-electron chi connectivity index (χ0n) is 20.6. The van der Waals surface area contributed by atoms with E-state index in [1.54, 1.807) is 36.4 Å². The molecule has 0 heterocycles. The van der Waals surface area contributed by atoms with Gasteiger partial charge in [-0.15, -0.1) is 0 Å². The largest absolute Gasteiger partial charge is 0.497 e. The van der Waals surface area contributed by atoms with Crippen molar-refractivity contribution in [2.75, 3.05) is 51.7 Å². The highest BCUT2D eigenvalue weighted by Gasteiger charge is 2.31. The van der Waals surface area contributed by atoms with E-state index in [2.05, 4.69) is 5.32 Å². The minimum absolute atomic E-state index is 0.109. The van der Waals surface area contributed by atoms with Crippen LogP contribution in [-0.2, 0) is 14.8 Å². The van der Waals surface area contributed by atoms with E-state index in [1.165, 1.54) is 59.8 Å². The van der Waals surface area contributed by atoms with Gasteiger partial charge >= 0.3 is 0 Å². The highest BCUT2D eigenvalue weighted by atomic mass is 32.2. The van der Waals surface area contributed by atoms with E-state index < -0.39 is 22.5 Å². The number of carbonyl (C=O) groups excluding carboxylic acids is 1. The zero-order chi connectivity index (χ0) is 26.3. The lowest BCUT2D eigenvalue weighted by atomic mass is 10.2. The van der Waals surface area contributed by atoms with Gasteiger partial charge < -0.3 is 29.0 Å². The lowest BCUT2D eigenvalue weighted by molar-refractivity contribution is -0.114. The van der Waals surface area contributed by atoms with Crippen molar-refractivity contribution >= 4 is 27.3 Å². The minimum Gasteiger partial charge on any atom is -0.497 e. The molecule has 1 amide bonds. The second-order valence-corrected chi connectivity index (χ2v) is 9.21. The molecule has 3 aromatic rings. The summed E-state index contributed by atoms with van der Waals surface area (Å²) in [5.74, 6) is 1.24. The number of nitrogens with zero attached hydrogens (tertiary/aromatic N) is 1. The fraction of sp³-hybridized carbons (Fsp3) is 0.240. The average Bonchev–Trinajstić information content (AvgIpc) is 2.91. The summed E-state index contributed by atoms with van der Waals surface area (Å²) in [5, 5.41) is 2.71. The molecule has 0 radical (unpaired) electrons. The van der Waals surface area contributed by atoms with Crippen molar-refractivity contribution in [2.45, 2.75) is 4.90 Å². The third-order valence-electron chi connectivity index (χ3n) is 5.26. The molecule has 3 rings (SSSR count). The minimum atomic E-state index is -4.29. The van der Waals surface area contributed by atoms with Crippen LogP contribution in [0.1, 0.15) is 0 Å². The molecule has 0 saturated carbocycles. The number of carbonyl (C=O) groups is 1. The van der Waals surface area contributed by atoms with Crippen molar-refractivity contribution in [3.63, 3.8) is 0 Å². The number of hydrogen-bond acceptors (Lipinski definition) is 8. The van der Waals surface area contributed by atoms with Gasteiger partial charge in [-0.25, -0.2) is 8.42 Å². The fourth-order valence-electron chi connectivity index (χ4n) is 3.40. The van der Waals surface area contributed by atoms with Crippen LogP contribution in [0.3, 0.4) is 0 Å². The molecule has 0 spiro atoms. The van der Waals surface area contributed by atoms with Crippen molar-refractivity contribution in [2.24, 2.45) is 0 Å². The molecule has 0 bridgehead atoms. The van der Waals surface area contributed by atoms with Crippen molar-refractivity contribution in [1.82, 2.24) is 0 Å². The van der Waals surface area contributed by atoms with Crippen molar-refractivity contribution < 1.29 is 36.9 Å². The number of rotatable bonds is 11. The van der Waals surface area contributed by atoms with E-state index in [-0.39, 0.29) is 22.1 Å². The van der Waals surface area contributed by atoms with Crippen LogP contribution in [0.2, 0.25) is 0 Å². The van der Waals surface area contributed by atoms with E-state index in [9.17, 15) is 13.2 Å². The third kappa shape index (κ3) is 5.74. The van der Waals surface area contributed by atoms with Gasteiger partial charge in [0.1, 0.15) is 23.8 Å². The highest BCUT2D eigenvalue weighted by Crippen LogP contribution is 2.37. The number of sulfonamides is 1. The Morgan fingerprint density at radius 3 is 1.89 bits per heavy atom. The monoisotopic (exact) mass is 516 g/mol. The van der Waals surface area contributed by atoms with Crippen LogP contribution in [0.5, 0.6) is 28.7 Å². The molecule has 11 heteroatoms. The first-order chi connectivity index (χ1) is 17.3. The zero-order valence-corrected chi connectivity index (χ0v) is 21.4. The first kappa shape index (κ1) is 26.5. The molecule has 1 N–H and O–H groups in total. The molecule has 0 aromatic heterocycles. The van der Waals surface area contributed by atoms with Crippen LogP contribution in [0.25, 0.3) is 0 Å². The number of hydrogen-bond donors (Lipinski definition) is 1. The summed E-state index contributed by atoms with van der Waals surface area (Å²) in [5.41, 5.74) is 0.596. The van der Waals surface area contributed by atoms with E-state index in [1.807, 2.05) is 0 Å². The van der Waals surface area contributed by atoms with Crippen LogP contribution in [-0.4, -0.2) is 56.4 Å². The van der Waals surface area contributed by atoms with Crippen molar-refractivity contribution in [1.29, 1.82) is 0 Å². The lowest BCUT2D eigenvalue weighted by Gasteiger charge is -2.26. The van der Waals surface area contributed by atoms with Gasteiger partial charge in [0, 0.05) is 17.8 Å². The van der Waals surface area contributed by atoms with E-state index in [0.29, 0.717) is 22.9 Å². The Morgan fingerprint density at radius 1 is 0.722 bits per heavy atom. The molecule has 0 aliphatic rings. The van der Waals surface area contributed by atoms with Gasteiger partial charge in [0.2, 0.25) is 5.91 Å². The van der Waals surface area contributed by atoms with Gasteiger partial charge in [0.25, 0.3) is 10.0 Å². The topological polar surface area (TPSA) is 113 Å². The van der Waals surface area contributed by atoms with Gasteiger partial charge in [-0.05, 0) is 48.5 Å². The molecule has 3 aromatic carbocycles. The molecule has 0 atom stereocenters. The second-order valence-electron chi connectivity index (χ2n) is 7.34. The summed E-state index contributed by atoms with van der Waals surface area (Å²) in [4.78, 5) is 12.9. The maximum atomic E-state index is 13.9. The molecule has 36 heavy (non-hydrogen) atoms. The summed E-state index contributed by atoms with van der Waals surface area (Å²) >= 11 is 0. The Kier molecular flexibility index (Phi) is 8.49. The Hall–Kier alpha value is -4.12. The van der Waals surface area contributed by atoms with Gasteiger partial charge in [-0.3, -0.25) is 9.10 Å². The molecule has 0 unspecified atom stereocenters. The number of nitrogens with one attached hydrogen (secondary N) is 1. The number of benzene rings is 3. The Balaban J connectivity index is 2.06. The average molecular weight is 517 g/mol. The maximum absolute atomic E-state index is 13.9. The SMILES string of the molecule is COc1ccc(NC(=O)CN(c2cc(OC)ccc2OC)S(=O)(=O)c2ccc(OC)c(OC)c2)cc1. The van der Waals surface area contributed by atoms with Crippen LogP contribution >= 0.6 is 0 Å². The van der Waals surface area contributed by atoms with Crippen molar-refractivity contribution in [3.05, 3.63) is 60.7 Å². The van der Waals surface area contributed by atoms with Gasteiger partial charge in [-0.2, -0.15) is 0 Å². The molecule has 0 fully saturated rings. The predicted molar refractivity (Wildman–Crippen MR) is 135 cm³/mol.